The van der Waals surface area contributed by atoms with E-state index >= 15 is 0 Å². The molecule has 0 bridgehead atoms. The highest BCUT2D eigenvalue weighted by Gasteiger charge is 2.14. The van der Waals surface area contributed by atoms with Crippen LogP contribution in [-0.4, -0.2) is 32.3 Å². The van der Waals surface area contributed by atoms with Crippen molar-refractivity contribution in [3.8, 4) is 23.0 Å². The minimum atomic E-state index is -0.330. The molecule has 8 nitrogen and oxygen atoms in total. The number of hydrogen-bond acceptors (Lipinski definition) is 6. The lowest BCUT2D eigenvalue weighted by Crippen LogP contribution is -2.20. The number of benzene rings is 3. The van der Waals surface area contributed by atoms with Gasteiger partial charge in [0.25, 0.3) is 11.8 Å². The third-order valence-corrected chi connectivity index (χ3v) is 4.50. The van der Waals surface area contributed by atoms with Crippen molar-refractivity contribution in [2.24, 2.45) is 0 Å². The quantitative estimate of drug-likeness (QED) is 0.605. The normalized spacial score (nSPS) is 11.5. The van der Waals surface area contributed by atoms with Crippen molar-refractivity contribution in [3.63, 3.8) is 0 Å². The van der Waals surface area contributed by atoms with Gasteiger partial charge in [0, 0.05) is 17.3 Å². The monoisotopic (exact) mass is 420 g/mol. The molecule has 0 aliphatic carbocycles. The first-order valence-corrected chi connectivity index (χ1v) is 9.49. The van der Waals surface area contributed by atoms with Crippen molar-refractivity contribution in [1.82, 2.24) is 0 Å². The summed E-state index contributed by atoms with van der Waals surface area (Å²) in [4.78, 5) is 24.6. The zero-order valence-corrected chi connectivity index (χ0v) is 16.7. The van der Waals surface area contributed by atoms with Gasteiger partial charge in [0.15, 0.2) is 18.1 Å². The average molecular weight is 420 g/mol. The van der Waals surface area contributed by atoms with Crippen LogP contribution >= 0.6 is 0 Å². The summed E-state index contributed by atoms with van der Waals surface area (Å²) in [7, 11) is 1.54. The summed E-state index contributed by atoms with van der Waals surface area (Å²) >= 11 is 0. The standard InChI is InChI=1S/C23H20N2O6/c1-28-19-5-3-2-4-18(19)25-23(27)15-6-8-16(9-7-15)24-22(26)13-29-17-10-11-20-21(12-17)31-14-30-20/h2-12H,13-14H2,1H3,(H,24,26)(H,25,27). The number of amides is 2. The highest BCUT2D eigenvalue weighted by Crippen LogP contribution is 2.35. The number of ether oxygens (including phenoxy) is 4. The Labute approximate surface area is 178 Å². The lowest BCUT2D eigenvalue weighted by molar-refractivity contribution is -0.118. The Hall–Kier alpha value is -4.20. The molecule has 0 fully saturated rings. The summed E-state index contributed by atoms with van der Waals surface area (Å²) in [6.07, 6.45) is 0. The highest BCUT2D eigenvalue weighted by atomic mass is 16.7. The minimum absolute atomic E-state index is 0.171. The number of carbonyl (C=O) groups is 2. The highest BCUT2D eigenvalue weighted by molar-refractivity contribution is 6.05. The summed E-state index contributed by atoms with van der Waals surface area (Å²) in [6, 6.07) is 18.8. The van der Waals surface area contributed by atoms with Gasteiger partial charge in [0.1, 0.15) is 11.5 Å². The van der Waals surface area contributed by atoms with Crippen molar-refractivity contribution in [3.05, 3.63) is 72.3 Å². The molecule has 2 amide bonds. The summed E-state index contributed by atoms with van der Waals surface area (Å²) in [5.74, 6) is 1.69. The molecule has 0 atom stereocenters. The van der Waals surface area contributed by atoms with Crippen molar-refractivity contribution in [2.45, 2.75) is 0 Å². The van der Waals surface area contributed by atoms with Gasteiger partial charge in [0.2, 0.25) is 6.79 Å². The molecule has 8 heteroatoms. The number of nitrogens with one attached hydrogen (secondary N) is 2. The number of para-hydroxylation sites is 2. The van der Waals surface area contributed by atoms with Gasteiger partial charge < -0.3 is 29.6 Å². The molecular formula is C23H20N2O6. The van der Waals surface area contributed by atoms with E-state index in [0.717, 1.165) is 0 Å². The molecule has 0 unspecified atom stereocenters. The van der Waals surface area contributed by atoms with Gasteiger partial charge in [0.05, 0.1) is 12.8 Å². The largest absolute Gasteiger partial charge is 0.495 e. The second kappa shape index (κ2) is 9.08. The molecule has 1 aliphatic rings. The van der Waals surface area contributed by atoms with E-state index in [0.29, 0.717) is 39.9 Å². The molecule has 158 valence electrons. The number of carbonyl (C=O) groups excluding carboxylic acids is 2. The topological polar surface area (TPSA) is 95.1 Å². The fourth-order valence-corrected chi connectivity index (χ4v) is 2.96. The predicted molar refractivity (Wildman–Crippen MR) is 114 cm³/mol. The summed E-state index contributed by atoms with van der Waals surface area (Å²) in [6.45, 7) is 0.00185. The number of fused-ring (bicyclic) bond motifs is 1. The number of hydrogen-bond donors (Lipinski definition) is 2. The molecule has 3 aromatic carbocycles. The van der Waals surface area contributed by atoms with E-state index in [-0.39, 0.29) is 25.2 Å². The van der Waals surface area contributed by atoms with Crippen LogP contribution in [0.2, 0.25) is 0 Å². The Morgan fingerprint density at radius 1 is 0.935 bits per heavy atom. The van der Waals surface area contributed by atoms with Gasteiger partial charge in [-0.25, -0.2) is 0 Å². The lowest BCUT2D eigenvalue weighted by atomic mass is 10.2. The molecule has 0 saturated carbocycles. The first kappa shape index (κ1) is 20.1. The van der Waals surface area contributed by atoms with E-state index in [1.807, 2.05) is 12.1 Å². The van der Waals surface area contributed by atoms with Crippen LogP contribution in [0.15, 0.2) is 66.7 Å². The first-order valence-electron chi connectivity index (χ1n) is 9.49. The summed E-state index contributed by atoms with van der Waals surface area (Å²) in [5, 5.41) is 5.53. The number of methoxy groups -OCH3 is 1. The van der Waals surface area contributed by atoms with E-state index < -0.39 is 0 Å². The molecule has 1 heterocycles. The second-order valence-electron chi connectivity index (χ2n) is 6.58. The van der Waals surface area contributed by atoms with Crippen molar-refractivity contribution >= 4 is 23.2 Å². The van der Waals surface area contributed by atoms with E-state index in [2.05, 4.69) is 10.6 Å². The molecule has 1 aliphatic heterocycles. The Morgan fingerprint density at radius 2 is 1.71 bits per heavy atom. The van der Waals surface area contributed by atoms with Gasteiger partial charge >= 0.3 is 0 Å². The van der Waals surface area contributed by atoms with Crippen LogP contribution in [0.25, 0.3) is 0 Å². The Bertz CT molecular complexity index is 1100. The van der Waals surface area contributed by atoms with E-state index in [1.54, 1.807) is 61.7 Å². The number of rotatable bonds is 7. The maximum Gasteiger partial charge on any atom is 0.262 e. The smallest absolute Gasteiger partial charge is 0.262 e. The SMILES string of the molecule is COc1ccccc1NC(=O)c1ccc(NC(=O)COc2ccc3c(c2)OCO3)cc1. The molecule has 4 rings (SSSR count). The van der Waals surface area contributed by atoms with Gasteiger partial charge in [-0.05, 0) is 48.5 Å². The number of anilines is 2. The zero-order chi connectivity index (χ0) is 21.6. The fraction of sp³-hybridized carbons (Fsp3) is 0.130. The van der Waals surface area contributed by atoms with Gasteiger partial charge in [-0.1, -0.05) is 12.1 Å². The first-order chi connectivity index (χ1) is 15.1. The minimum Gasteiger partial charge on any atom is -0.495 e. The van der Waals surface area contributed by atoms with Crippen molar-refractivity contribution in [1.29, 1.82) is 0 Å². The average Bonchev–Trinajstić information content (AvgIpc) is 3.26. The van der Waals surface area contributed by atoms with Crippen molar-refractivity contribution < 1.29 is 28.5 Å². The van der Waals surface area contributed by atoms with E-state index in [4.69, 9.17) is 18.9 Å². The van der Waals surface area contributed by atoms with Crippen LogP contribution in [0, 0.1) is 0 Å². The van der Waals surface area contributed by atoms with E-state index in [9.17, 15) is 9.59 Å². The van der Waals surface area contributed by atoms with Crippen molar-refractivity contribution in [2.75, 3.05) is 31.1 Å². The van der Waals surface area contributed by atoms with Crippen LogP contribution in [0.5, 0.6) is 23.0 Å². The molecule has 0 saturated heterocycles. The van der Waals surface area contributed by atoms with Gasteiger partial charge in [-0.15, -0.1) is 0 Å². The Kier molecular flexibility index (Phi) is 5.89. The summed E-state index contributed by atoms with van der Waals surface area (Å²) in [5.41, 5.74) is 1.57. The van der Waals surface area contributed by atoms with Gasteiger partial charge in [-0.3, -0.25) is 9.59 Å². The van der Waals surface area contributed by atoms with Crippen LogP contribution in [0.1, 0.15) is 10.4 Å². The van der Waals surface area contributed by atoms with E-state index in [1.165, 1.54) is 0 Å². The lowest BCUT2D eigenvalue weighted by Gasteiger charge is -2.11. The zero-order valence-electron chi connectivity index (χ0n) is 16.7. The molecule has 0 spiro atoms. The molecule has 0 radical (unpaired) electrons. The Balaban J connectivity index is 1.30. The third-order valence-electron chi connectivity index (χ3n) is 4.50. The molecule has 2 N–H and O–H groups in total. The Morgan fingerprint density at radius 3 is 2.52 bits per heavy atom. The van der Waals surface area contributed by atoms with Crippen LogP contribution in [-0.2, 0) is 4.79 Å². The maximum atomic E-state index is 12.5. The predicted octanol–water partition coefficient (Wildman–Crippen LogP) is 3.69. The second-order valence-corrected chi connectivity index (χ2v) is 6.58. The molecule has 0 aromatic heterocycles. The maximum absolute atomic E-state index is 12.5. The van der Waals surface area contributed by atoms with Crippen LogP contribution < -0.4 is 29.6 Å². The third kappa shape index (κ3) is 4.87. The van der Waals surface area contributed by atoms with Crippen LogP contribution in [0.3, 0.4) is 0 Å². The van der Waals surface area contributed by atoms with Crippen LogP contribution in [0.4, 0.5) is 11.4 Å². The summed E-state index contributed by atoms with van der Waals surface area (Å²) < 4.78 is 21.2. The molecule has 3 aromatic rings. The fourth-order valence-electron chi connectivity index (χ4n) is 2.96. The molecular weight excluding hydrogens is 400 g/mol. The molecule has 31 heavy (non-hydrogen) atoms. The van der Waals surface area contributed by atoms with Gasteiger partial charge in [-0.2, -0.15) is 0 Å².